The van der Waals surface area contributed by atoms with Crippen molar-refractivity contribution < 1.29 is 13.3 Å². The average molecular weight is 254 g/mol. The number of non-ortho nitro benzene ring substituents is 1. The van der Waals surface area contributed by atoms with Crippen molar-refractivity contribution in [3.8, 4) is 6.07 Å². The molecule has 1 atom stereocenters. The van der Waals surface area contributed by atoms with Gasteiger partial charge in [-0.2, -0.15) is 5.26 Å². The molecule has 0 fully saturated rings. The largest absolute Gasteiger partial charge is 0.269 e. The van der Waals surface area contributed by atoms with Crippen LogP contribution in [0.4, 0.5) is 5.69 Å². The molecule has 7 heteroatoms. The maximum Gasteiger partial charge on any atom is 0.269 e. The van der Waals surface area contributed by atoms with Gasteiger partial charge < -0.3 is 0 Å². The molecule has 0 N–H and O–H groups in total. The van der Waals surface area contributed by atoms with Crippen LogP contribution in [-0.4, -0.2) is 18.6 Å². The fraction of sp³-hybridized carbons (Fsp3) is 0.300. The molecule has 0 saturated carbocycles. The lowest BCUT2D eigenvalue weighted by Gasteiger charge is -2.07. The lowest BCUT2D eigenvalue weighted by Crippen LogP contribution is -2.18. The predicted molar refractivity (Wildman–Crippen MR) is 60.0 cm³/mol. The first-order chi connectivity index (χ1) is 7.93. The molecule has 0 amide bonds. The Morgan fingerprint density at radius 3 is 2.29 bits per heavy atom. The van der Waals surface area contributed by atoms with Gasteiger partial charge in [-0.05, 0) is 18.6 Å². The summed E-state index contributed by atoms with van der Waals surface area (Å²) in [6, 6.07) is 6.21. The van der Waals surface area contributed by atoms with Crippen molar-refractivity contribution in [2.75, 3.05) is 0 Å². The summed E-state index contributed by atoms with van der Waals surface area (Å²) in [4.78, 5) is 9.73. The monoisotopic (exact) mass is 254 g/mol. The zero-order valence-corrected chi connectivity index (χ0v) is 9.85. The molecule has 1 unspecified atom stereocenters. The Kier molecular flexibility index (Phi) is 3.81. The van der Waals surface area contributed by atoms with Crippen LogP contribution in [0.3, 0.4) is 0 Å². The molecule has 0 heterocycles. The summed E-state index contributed by atoms with van der Waals surface area (Å²) >= 11 is 0. The number of nitrogens with zero attached hydrogens (tertiary/aromatic N) is 2. The van der Waals surface area contributed by atoms with Gasteiger partial charge in [-0.1, -0.05) is 6.92 Å². The van der Waals surface area contributed by atoms with Crippen LogP contribution in [0.25, 0.3) is 0 Å². The van der Waals surface area contributed by atoms with E-state index >= 15 is 0 Å². The summed E-state index contributed by atoms with van der Waals surface area (Å²) in [5, 5.41) is 18.0. The van der Waals surface area contributed by atoms with Gasteiger partial charge in [0.15, 0.2) is 15.1 Å². The van der Waals surface area contributed by atoms with Gasteiger partial charge in [-0.25, -0.2) is 8.42 Å². The standard InChI is InChI=1S/C10H10N2O4S/c1-2-9(7-11)17(15,16)10-5-3-8(4-6-10)12(13)14/h3-6,9H,2H2,1H3. The van der Waals surface area contributed by atoms with Crippen molar-refractivity contribution in [2.45, 2.75) is 23.5 Å². The fourth-order valence-corrected chi connectivity index (χ4v) is 2.72. The zero-order chi connectivity index (χ0) is 13.1. The topological polar surface area (TPSA) is 101 Å². The van der Waals surface area contributed by atoms with E-state index in [0.29, 0.717) is 0 Å². The maximum atomic E-state index is 11.9. The first kappa shape index (κ1) is 13.1. The van der Waals surface area contributed by atoms with Crippen LogP contribution in [-0.2, 0) is 9.84 Å². The molecule has 0 radical (unpaired) electrons. The third-order valence-corrected chi connectivity index (χ3v) is 4.38. The smallest absolute Gasteiger partial charge is 0.258 e. The van der Waals surface area contributed by atoms with Gasteiger partial charge >= 0.3 is 0 Å². The molecule has 1 aromatic carbocycles. The summed E-state index contributed by atoms with van der Waals surface area (Å²) in [7, 11) is -3.73. The third-order valence-electron chi connectivity index (χ3n) is 2.27. The molecule has 0 spiro atoms. The van der Waals surface area contributed by atoms with E-state index in [0.717, 1.165) is 24.3 Å². The molecule has 17 heavy (non-hydrogen) atoms. The molecule has 0 aliphatic carbocycles. The van der Waals surface area contributed by atoms with Gasteiger partial charge in [-0.15, -0.1) is 0 Å². The van der Waals surface area contributed by atoms with E-state index in [1.54, 1.807) is 13.0 Å². The number of hydrogen-bond donors (Lipinski definition) is 0. The quantitative estimate of drug-likeness (QED) is 0.600. The number of nitriles is 1. The zero-order valence-electron chi connectivity index (χ0n) is 9.03. The van der Waals surface area contributed by atoms with Gasteiger partial charge in [0, 0.05) is 12.1 Å². The highest BCUT2D eigenvalue weighted by Gasteiger charge is 2.26. The summed E-state index contributed by atoms with van der Waals surface area (Å²) in [6.07, 6.45) is 0.176. The van der Waals surface area contributed by atoms with Crippen LogP contribution in [0, 0.1) is 21.4 Å². The number of benzene rings is 1. The van der Waals surface area contributed by atoms with Crippen LogP contribution in [0.2, 0.25) is 0 Å². The van der Waals surface area contributed by atoms with Crippen LogP contribution < -0.4 is 0 Å². The van der Waals surface area contributed by atoms with Gasteiger partial charge in [0.2, 0.25) is 0 Å². The molecule has 0 saturated heterocycles. The van der Waals surface area contributed by atoms with Crippen LogP contribution in [0.1, 0.15) is 13.3 Å². The van der Waals surface area contributed by atoms with Crippen LogP contribution in [0.5, 0.6) is 0 Å². The summed E-state index contributed by atoms with van der Waals surface area (Å²) < 4.78 is 23.8. The highest BCUT2D eigenvalue weighted by Crippen LogP contribution is 2.20. The molecule has 1 aromatic rings. The number of rotatable bonds is 4. The van der Waals surface area contributed by atoms with Crippen molar-refractivity contribution in [1.29, 1.82) is 5.26 Å². The summed E-state index contributed by atoms with van der Waals surface area (Å²) in [5.74, 6) is 0. The van der Waals surface area contributed by atoms with E-state index in [1.165, 1.54) is 0 Å². The van der Waals surface area contributed by atoms with E-state index in [4.69, 9.17) is 5.26 Å². The number of nitro benzene ring substituents is 1. The second kappa shape index (κ2) is 4.93. The molecule has 0 aromatic heterocycles. The normalized spacial score (nSPS) is 12.7. The van der Waals surface area contributed by atoms with Crippen LogP contribution >= 0.6 is 0 Å². The van der Waals surface area contributed by atoms with Gasteiger partial charge in [0.05, 0.1) is 15.9 Å². The minimum atomic E-state index is -3.73. The van der Waals surface area contributed by atoms with Gasteiger partial charge in [0.25, 0.3) is 5.69 Å². The number of hydrogen-bond acceptors (Lipinski definition) is 5. The molecular formula is C10H10N2O4S. The van der Waals surface area contributed by atoms with Crippen molar-refractivity contribution >= 4 is 15.5 Å². The second-order valence-electron chi connectivity index (χ2n) is 3.32. The summed E-state index contributed by atoms with van der Waals surface area (Å²) in [5.41, 5.74) is -0.186. The average Bonchev–Trinajstić information content (AvgIpc) is 2.30. The van der Waals surface area contributed by atoms with E-state index in [2.05, 4.69) is 0 Å². The third kappa shape index (κ3) is 2.60. The van der Waals surface area contributed by atoms with E-state index in [9.17, 15) is 18.5 Å². The van der Waals surface area contributed by atoms with Crippen molar-refractivity contribution in [3.63, 3.8) is 0 Å². The van der Waals surface area contributed by atoms with Crippen molar-refractivity contribution in [3.05, 3.63) is 34.4 Å². The van der Waals surface area contributed by atoms with Gasteiger partial charge in [0.1, 0.15) is 0 Å². The molecule has 0 aliphatic heterocycles. The second-order valence-corrected chi connectivity index (χ2v) is 5.45. The Hall–Kier alpha value is -1.94. The number of sulfone groups is 1. The van der Waals surface area contributed by atoms with E-state index in [1.807, 2.05) is 0 Å². The van der Waals surface area contributed by atoms with Crippen LogP contribution in [0.15, 0.2) is 29.2 Å². The molecule has 1 rings (SSSR count). The van der Waals surface area contributed by atoms with Gasteiger partial charge in [-0.3, -0.25) is 10.1 Å². The van der Waals surface area contributed by atoms with Crippen molar-refractivity contribution in [2.24, 2.45) is 0 Å². The Labute approximate surface area is 98.6 Å². The molecule has 0 aliphatic rings. The van der Waals surface area contributed by atoms with E-state index < -0.39 is 20.0 Å². The first-order valence-corrected chi connectivity index (χ1v) is 6.36. The first-order valence-electron chi connectivity index (χ1n) is 4.81. The Morgan fingerprint density at radius 2 is 1.94 bits per heavy atom. The lowest BCUT2D eigenvalue weighted by molar-refractivity contribution is -0.384. The minimum absolute atomic E-state index is 0.0727. The van der Waals surface area contributed by atoms with Crippen molar-refractivity contribution in [1.82, 2.24) is 0 Å². The lowest BCUT2D eigenvalue weighted by atomic mass is 10.3. The Morgan fingerprint density at radius 1 is 1.41 bits per heavy atom. The Balaban J connectivity index is 3.18. The molecule has 0 bridgehead atoms. The summed E-state index contributed by atoms with van der Waals surface area (Å²) in [6.45, 7) is 1.59. The molecule has 6 nitrogen and oxygen atoms in total. The molecule has 90 valence electrons. The Bertz CT molecular complexity index is 557. The fourth-order valence-electron chi connectivity index (χ4n) is 1.30. The highest BCUT2D eigenvalue weighted by atomic mass is 32.2. The maximum absolute atomic E-state index is 11.9. The molecular weight excluding hydrogens is 244 g/mol. The highest BCUT2D eigenvalue weighted by molar-refractivity contribution is 7.92. The SMILES string of the molecule is CCC(C#N)S(=O)(=O)c1ccc([N+](=O)[O-])cc1. The van der Waals surface area contributed by atoms with E-state index in [-0.39, 0.29) is 17.0 Å². The number of nitro groups is 1. The minimum Gasteiger partial charge on any atom is -0.258 e. The predicted octanol–water partition coefficient (Wildman–Crippen LogP) is 1.67.